The molecule has 12 heteroatoms. The number of methoxy groups -OCH3 is 2. The zero-order valence-electron chi connectivity index (χ0n) is 30.4. The topological polar surface area (TPSA) is 126 Å². The minimum atomic E-state index is -4.19. The second-order valence-corrected chi connectivity index (χ2v) is 14.8. The van der Waals surface area contributed by atoms with Crippen LogP contribution in [0.15, 0.2) is 120 Å². The van der Waals surface area contributed by atoms with E-state index in [-0.39, 0.29) is 16.7 Å². The Hall–Kier alpha value is -5.85. The molecule has 2 amide bonds. The quantitative estimate of drug-likeness (QED) is 0.207. The summed E-state index contributed by atoms with van der Waals surface area (Å²) in [4.78, 5) is 35.0. The third kappa shape index (κ3) is 7.75. The molecule has 2 aliphatic heterocycles. The predicted octanol–water partition coefficient (Wildman–Crippen LogP) is 5.61. The molecule has 278 valence electrons. The van der Waals surface area contributed by atoms with E-state index in [4.69, 9.17) is 14.6 Å². The largest absolute Gasteiger partial charge is 0.497 e. The summed E-state index contributed by atoms with van der Waals surface area (Å²) in [5.74, 6) is 1.42. The molecule has 2 aliphatic rings. The van der Waals surface area contributed by atoms with Crippen molar-refractivity contribution in [1.82, 2.24) is 9.80 Å². The van der Waals surface area contributed by atoms with Crippen molar-refractivity contribution in [2.75, 3.05) is 76.4 Å². The highest BCUT2D eigenvalue weighted by Crippen LogP contribution is 2.36. The number of ether oxygens (including phenoxy) is 2. The van der Waals surface area contributed by atoms with E-state index in [2.05, 4.69) is 9.80 Å². The SMILES string of the molecule is COc1cccc(N2CCN(C(=O)c3ccc(-c4cccc(-c5ccc(C(=O)N6CCN(c7cccc(OC)c7)CC6)cc5)c4S(N)(=O)=O)cc3)CC2)c1. The van der Waals surface area contributed by atoms with Crippen LogP contribution in [-0.2, 0) is 10.0 Å². The summed E-state index contributed by atoms with van der Waals surface area (Å²) in [5.41, 5.74) is 5.22. The number of nitrogens with zero attached hydrogens (tertiary/aromatic N) is 4. The molecule has 5 aromatic rings. The van der Waals surface area contributed by atoms with Gasteiger partial charge in [-0.1, -0.05) is 54.6 Å². The Balaban J connectivity index is 1.04. The molecule has 0 radical (unpaired) electrons. The highest BCUT2D eigenvalue weighted by Gasteiger charge is 2.26. The molecule has 2 saturated heterocycles. The fraction of sp³-hybridized carbons (Fsp3) is 0.238. The molecule has 0 unspecified atom stereocenters. The van der Waals surface area contributed by atoms with Gasteiger partial charge in [0.25, 0.3) is 11.8 Å². The van der Waals surface area contributed by atoms with E-state index in [1.54, 1.807) is 80.9 Å². The van der Waals surface area contributed by atoms with E-state index >= 15 is 0 Å². The van der Waals surface area contributed by atoms with Crippen LogP contribution < -0.4 is 24.4 Å². The lowest BCUT2D eigenvalue weighted by molar-refractivity contribution is 0.0739. The summed E-state index contributed by atoms with van der Waals surface area (Å²) < 4.78 is 37.0. The van der Waals surface area contributed by atoms with Gasteiger partial charge in [-0.3, -0.25) is 9.59 Å². The first-order chi connectivity index (χ1) is 26.1. The Kier molecular flexibility index (Phi) is 10.6. The second-order valence-electron chi connectivity index (χ2n) is 13.3. The molecule has 0 aromatic heterocycles. The van der Waals surface area contributed by atoms with Gasteiger partial charge in [0.05, 0.1) is 19.1 Å². The van der Waals surface area contributed by atoms with Gasteiger partial charge in [-0.15, -0.1) is 0 Å². The molecule has 0 spiro atoms. The van der Waals surface area contributed by atoms with Crippen molar-refractivity contribution < 1.29 is 27.5 Å². The summed E-state index contributed by atoms with van der Waals surface area (Å²) in [7, 11) is -0.900. The number of sulfonamides is 1. The van der Waals surface area contributed by atoms with Gasteiger partial charge < -0.3 is 29.1 Å². The smallest absolute Gasteiger partial charge is 0.253 e. The molecule has 2 heterocycles. The van der Waals surface area contributed by atoms with Gasteiger partial charge in [0, 0.05) is 98.1 Å². The molecule has 0 saturated carbocycles. The fourth-order valence-electron chi connectivity index (χ4n) is 7.20. The highest BCUT2D eigenvalue weighted by molar-refractivity contribution is 7.89. The van der Waals surface area contributed by atoms with Gasteiger partial charge in [-0.25, -0.2) is 13.6 Å². The number of carbonyl (C=O) groups is 2. The van der Waals surface area contributed by atoms with E-state index in [1.807, 2.05) is 58.3 Å². The molecule has 0 bridgehead atoms. The maximum Gasteiger partial charge on any atom is 0.253 e. The van der Waals surface area contributed by atoms with Crippen molar-refractivity contribution in [1.29, 1.82) is 0 Å². The number of amides is 2. The molecular weight excluding hydrogens is 703 g/mol. The number of hydrogen-bond donors (Lipinski definition) is 1. The third-order valence-electron chi connectivity index (χ3n) is 10.2. The molecule has 11 nitrogen and oxygen atoms in total. The van der Waals surface area contributed by atoms with Crippen LogP contribution in [0.4, 0.5) is 11.4 Å². The molecule has 2 N–H and O–H groups in total. The van der Waals surface area contributed by atoms with Crippen LogP contribution >= 0.6 is 0 Å². The number of primary sulfonamides is 1. The van der Waals surface area contributed by atoms with Gasteiger partial charge in [0.15, 0.2) is 0 Å². The van der Waals surface area contributed by atoms with Crippen LogP contribution in [-0.4, -0.2) is 96.6 Å². The minimum Gasteiger partial charge on any atom is -0.497 e. The van der Waals surface area contributed by atoms with Gasteiger partial charge in [0.1, 0.15) is 11.5 Å². The normalized spacial score (nSPS) is 14.9. The standard InChI is InChI=1S/C42H43N5O6S/c1-52-36-8-3-6-34(28-36)44-20-24-46(25-21-44)41(48)32-16-12-30(13-17-32)38-10-5-11-39(40(38)54(43,50)51)31-14-18-33(19-15-31)42(49)47-26-22-45(23-27-47)35-7-4-9-37(29-35)53-2/h3-19,28-29H,20-27H2,1-2H3,(H2,43,50,51). The maximum absolute atomic E-state index is 13.5. The third-order valence-corrected chi connectivity index (χ3v) is 11.2. The number of hydrogen-bond acceptors (Lipinski definition) is 8. The lowest BCUT2D eigenvalue weighted by Crippen LogP contribution is -2.48. The van der Waals surface area contributed by atoms with E-state index in [1.165, 1.54) is 0 Å². The summed E-state index contributed by atoms with van der Waals surface area (Å²) in [6.45, 7) is 5.05. The second kappa shape index (κ2) is 15.6. The van der Waals surface area contributed by atoms with Gasteiger partial charge in [-0.05, 0) is 59.7 Å². The fourth-order valence-corrected chi connectivity index (χ4v) is 8.18. The van der Waals surface area contributed by atoms with Crippen molar-refractivity contribution >= 4 is 33.2 Å². The Bertz CT molecular complexity index is 2110. The van der Waals surface area contributed by atoms with Gasteiger partial charge in [-0.2, -0.15) is 0 Å². The Morgan fingerprint density at radius 2 is 0.907 bits per heavy atom. The van der Waals surface area contributed by atoms with Crippen LogP contribution in [0.2, 0.25) is 0 Å². The number of nitrogens with two attached hydrogens (primary N) is 1. The van der Waals surface area contributed by atoms with Gasteiger partial charge in [0.2, 0.25) is 10.0 Å². The van der Waals surface area contributed by atoms with Crippen LogP contribution in [0, 0.1) is 0 Å². The number of rotatable bonds is 9. The first kappa shape index (κ1) is 36.5. The van der Waals surface area contributed by atoms with E-state index in [0.29, 0.717) is 85.7 Å². The Morgan fingerprint density at radius 1 is 0.537 bits per heavy atom. The first-order valence-corrected chi connectivity index (χ1v) is 19.4. The molecule has 54 heavy (non-hydrogen) atoms. The summed E-state index contributed by atoms with van der Waals surface area (Å²) in [6, 6.07) is 34.9. The zero-order chi connectivity index (χ0) is 37.8. The first-order valence-electron chi connectivity index (χ1n) is 17.9. The molecule has 0 aliphatic carbocycles. The number of carbonyl (C=O) groups excluding carboxylic acids is 2. The van der Waals surface area contributed by atoms with Crippen molar-refractivity contribution in [3.05, 3.63) is 126 Å². The monoisotopic (exact) mass is 745 g/mol. The van der Waals surface area contributed by atoms with E-state index in [0.717, 1.165) is 22.9 Å². The number of piperazine rings is 2. The average molecular weight is 746 g/mol. The summed E-state index contributed by atoms with van der Waals surface area (Å²) in [5, 5.41) is 5.85. The lowest BCUT2D eigenvalue weighted by atomic mass is 9.97. The van der Waals surface area contributed by atoms with Crippen molar-refractivity contribution in [2.24, 2.45) is 5.14 Å². The number of anilines is 2. The van der Waals surface area contributed by atoms with Crippen molar-refractivity contribution in [3.63, 3.8) is 0 Å². The van der Waals surface area contributed by atoms with E-state index in [9.17, 15) is 18.0 Å². The van der Waals surface area contributed by atoms with E-state index < -0.39 is 10.0 Å². The molecular formula is C42H43N5O6S. The van der Waals surface area contributed by atoms with Crippen molar-refractivity contribution in [3.8, 4) is 33.8 Å². The molecule has 5 aromatic carbocycles. The van der Waals surface area contributed by atoms with Crippen LogP contribution in [0.1, 0.15) is 20.7 Å². The highest BCUT2D eigenvalue weighted by atomic mass is 32.2. The minimum absolute atomic E-state index is 0.0227. The lowest BCUT2D eigenvalue weighted by Gasteiger charge is -2.36. The van der Waals surface area contributed by atoms with Crippen molar-refractivity contribution in [2.45, 2.75) is 4.90 Å². The zero-order valence-corrected chi connectivity index (χ0v) is 31.2. The van der Waals surface area contributed by atoms with Gasteiger partial charge >= 0.3 is 0 Å². The summed E-state index contributed by atoms with van der Waals surface area (Å²) >= 11 is 0. The average Bonchev–Trinajstić information content (AvgIpc) is 3.23. The maximum atomic E-state index is 13.5. The molecule has 7 rings (SSSR count). The summed E-state index contributed by atoms with van der Waals surface area (Å²) in [6.07, 6.45) is 0. The van der Waals surface area contributed by atoms with Crippen LogP contribution in [0.3, 0.4) is 0 Å². The predicted molar refractivity (Wildman–Crippen MR) is 211 cm³/mol. The van der Waals surface area contributed by atoms with Crippen LogP contribution in [0.25, 0.3) is 22.3 Å². The number of benzene rings is 5. The Labute approximate surface area is 316 Å². The Morgan fingerprint density at radius 3 is 1.26 bits per heavy atom. The molecule has 2 fully saturated rings. The molecule has 0 atom stereocenters. The van der Waals surface area contributed by atoms with Crippen LogP contribution in [0.5, 0.6) is 11.5 Å².